The molecule has 0 saturated carbocycles. The van der Waals surface area contributed by atoms with Gasteiger partial charge in [-0.2, -0.15) is 0 Å². The third-order valence-corrected chi connectivity index (χ3v) is 4.46. The molecular weight excluding hydrogens is 314 g/mol. The predicted molar refractivity (Wildman–Crippen MR) is 88.7 cm³/mol. The summed E-state index contributed by atoms with van der Waals surface area (Å²) in [5, 5.41) is 2.06. The summed E-state index contributed by atoms with van der Waals surface area (Å²) in [4.78, 5) is 4.60. The number of pyridine rings is 1. The fourth-order valence-corrected chi connectivity index (χ4v) is 3.21. The van der Waals surface area contributed by atoms with Crippen LogP contribution in [0.4, 0.5) is 0 Å². The molecule has 1 aromatic carbocycles. The van der Waals surface area contributed by atoms with Crippen LogP contribution in [0.15, 0.2) is 30.3 Å². The Hall–Kier alpha value is -1.09. The van der Waals surface area contributed by atoms with Gasteiger partial charge >= 0.3 is 0 Å². The summed E-state index contributed by atoms with van der Waals surface area (Å²) in [6, 6.07) is 10.2. The molecule has 0 spiro atoms. The third kappa shape index (κ3) is 3.51. The van der Waals surface area contributed by atoms with Gasteiger partial charge in [0.1, 0.15) is 11.3 Å². The SMILES string of the molecule is Cc1ccc2cccc(OCC(CBr)C(C)(C)C)c2n1. The van der Waals surface area contributed by atoms with Gasteiger partial charge < -0.3 is 4.74 Å². The van der Waals surface area contributed by atoms with Gasteiger partial charge in [0.25, 0.3) is 0 Å². The number of nitrogens with zero attached hydrogens (tertiary/aromatic N) is 1. The first kappa shape index (κ1) is 15.3. The second-order valence-corrected chi connectivity index (χ2v) is 6.96. The van der Waals surface area contributed by atoms with Gasteiger partial charge in [-0.3, -0.25) is 0 Å². The lowest BCUT2D eigenvalue weighted by Crippen LogP contribution is -2.27. The number of fused-ring (bicyclic) bond motifs is 1. The van der Waals surface area contributed by atoms with Crippen molar-refractivity contribution in [2.45, 2.75) is 27.7 Å². The summed E-state index contributed by atoms with van der Waals surface area (Å²) in [5.74, 6) is 1.34. The Bertz CT molecular complexity index is 589. The van der Waals surface area contributed by atoms with Crippen LogP contribution in [-0.4, -0.2) is 16.9 Å². The maximum absolute atomic E-state index is 6.06. The van der Waals surface area contributed by atoms with E-state index < -0.39 is 0 Å². The first-order chi connectivity index (χ1) is 9.41. The van der Waals surface area contributed by atoms with E-state index in [0.29, 0.717) is 12.5 Å². The summed E-state index contributed by atoms with van der Waals surface area (Å²) in [7, 11) is 0. The Morgan fingerprint density at radius 1 is 1.20 bits per heavy atom. The third-order valence-electron chi connectivity index (χ3n) is 3.67. The molecule has 0 amide bonds. The zero-order valence-corrected chi connectivity index (χ0v) is 14.2. The molecule has 0 aliphatic rings. The molecule has 0 aliphatic heterocycles. The molecule has 0 bridgehead atoms. The molecule has 2 nitrogen and oxygen atoms in total. The standard InChI is InChI=1S/C17H22BrNO/c1-12-8-9-13-6-5-7-15(16(13)19-12)20-11-14(10-18)17(2,3)4/h5-9,14H,10-11H2,1-4H3. The van der Waals surface area contributed by atoms with E-state index in [-0.39, 0.29) is 5.41 Å². The fourth-order valence-electron chi connectivity index (χ4n) is 2.05. The molecule has 0 saturated heterocycles. The second kappa shape index (κ2) is 6.13. The Balaban J connectivity index is 2.23. The van der Waals surface area contributed by atoms with Crippen LogP contribution in [0.25, 0.3) is 10.9 Å². The number of alkyl halides is 1. The van der Waals surface area contributed by atoms with Crippen LogP contribution in [-0.2, 0) is 0 Å². The maximum Gasteiger partial charge on any atom is 0.145 e. The van der Waals surface area contributed by atoms with Crippen LogP contribution in [0.1, 0.15) is 26.5 Å². The average Bonchev–Trinajstić information content (AvgIpc) is 2.38. The minimum absolute atomic E-state index is 0.220. The minimum atomic E-state index is 0.220. The zero-order chi connectivity index (χ0) is 14.8. The molecule has 1 heterocycles. The fraction of sp³-hybridized carbons (Fsp3) is 0.471. The number of halogens is 1. The summed E-state index contributed by atoms with van der Waals surface area (Å²) in [6.07, 6.45) is 0. The van der Waals surface area contributed by atoms with Crippen molar-refractivity contribution in [3.8, 4) is 5.75 Å². The summed E-state index contributed by atoms with van der Waals surface area (Å²) in [6.45, 7) is 9.44. The van der Waals surface area contributed by atoms with Crippen LogP contribution in [0.3, 0.4) is 0 Å². The molecule has 0 fully saturated rings. The Kier molecular flexibility index (Phi) is 4.69. The van der Waals surface area contributed by atoms with Crippen molar-refractivity contribution < 1.29 is 4.74 Å². The zero-order valence-electron chi connectivity index (χ0n) is 12.6. The number of hydrogen-bond donors (Lipinski definition) is 0. The van der Waals surface area contributed by atoms with E-state index in [0.717, 1.165) is 27.7 Å². The number of rotatable bonds is 4. The van der Waals surface area contributed by atoms with Crippen molar-refractivity contribution in [3.05, 3.63) is 36.0 Å². The second-order valence-electron chi connectivity index (χ2n) is 6.31. The molecule has 2 rings (SSSR count). The number of benzene rings is 1. The van der Waals surface area contributed by atoms with Gasteiger partial charge in [0.05, 0.1) is 6.61 Å². The van der Waals surface area contributed by atoms with Gasteiger partial charge in [0.2, 0.25) is 0 Å². The van der Waals surface area contributed by atoms with E-state index >= 15 is 0 Å². The first-order valence-electron chi connectivity index (χ1n) is 6.97. The highest BCUT2D eigenvalue weighted by Crippen LogP contribution is 2.30. The lowest BCUT2D eigenvalue weighted by Gasteiger charge is -2.29. The maximum atomic E-state index is 6.06. The highest BCUT2D eigenvalue weighted by molar-refractivity contribution is 9.09. The van der Waals surface area contributed by atoms with E-state index in [1.165, 1.54) is 0 Å². The highest BCUT2D eigenvalue weighted by atomic mass is 79.9. The molecule has 20 heavy (non-hydrogen) atoms. The Morgan fingerprint density at radius 3 is 2.60 bits per heavy atom. The molecule has 0 radical (unpaired) electrons. The molecule has 3 heteroatoms. The van der Waals surface area contributed by atoms with Crippen LogP contribution in [0.5, 0.6) is 5.75 Å². The number of hydrogen-bond acceptors (Lipinski definition) is 2. The van der Waals surface area contributed by atoms with Crippen LogP contribution < -0.4 is 4.74 Å². The normalized spacial score (nSPS) is 13.4. The minimum Gasteiger partial charge on any atom is -0.491 e. The number of ether oxygens (including phenoxy) is 1. The number of aromatic nitrogens is 1. The molecular formula is C17H22BrNO. The van der Waals surface area contributed by atoms with Gasteiger partial charge in [-0.25, -0.2) is 4.98 Å². The van der Waals surface area contributed by atoms with Gasteiger partial charge in [-0.15, -0.1) is 0 Å². The van der Waals surface area contributed by atoms with Crippen LogP contribution in [0, 0.1) is 18.3 Å². The number of aryl methyl sites for hydroxylation is 1. The van der Waals surface area contributed by atoms with E-state index in [1.54, 1.807) is 0 Å². The van der Waals surface area contributed by atoms with E-state index in [4.69, 9.17) is 4.74 Å². The molecule has 1 aromatic heterocycles. The Morgan fingerprint density at radius 2 is 1.95 bits per heavy atom. The first-order valence-corrected chi connectivity index (χ1v) is 8.09. The van der Waals surface area contributed by atoms with E-state index in [1.807, 2.05) is 25.1 Å². The van der Waals surface area contributed by atoms with Gasteiger partial charge in [-0.05, 0) is 24.5 Å². The molecule has 2 aromatic rings. The van der Waals surface area contributed by atoms with Crippen LogP contribution in [0.2, 0.25) is 0 Å². The predicted octanol–water partition coefficient (Wildman–Crippen LogP) is 4.98. The Labute approximate surface area is 129 Å². The molecule has 0 aliphatic carbocycles. The molecule has 0 N–H and O–H groups in total. The van der Waals surface area contributed by atoms with Crippen molar-refractivity contribution in [1.29, 1.82) is 0 Å². The lowest BCUT2D eigenvalue weighted by atomic mass is 9.83. The van der Waals surface area contributed by atoms with Gasteiger partial charge in [-0.1, -0.05) is 54.9 Å². The summed E-state index contributed by atoms with van der Waals surface area (Å²) < 4.78 is 6.06. The van der Waals surface area contributed by atoms with Crippen molar-refractivity contribution in [3.63, 3.8) is 0 Å². The van der Waals surface area contributed by atoms with E-state index in [9.17, 15) is 0 Å². The van der Waals surface area contributed by atoms with Gasteiger partial charge in [0.15, 0.2) is 0 Å². The van der Waals surface area contributed by atoms with Crippen molar-refractivity contribution >= 4 is 26.8 Å². The average molecular weight is 336 g/mol. The van der Waals surface area contributed by atoms with Gasteiger partial charge in [0, 0.05) is 22.3 Å². The summed E-state index contributed by atoms with van der Waals surface area (Å²) in [5.41, 5.74) is 2.19. The van der Waals surface area contributed by atoms with Crippen molar-refractivity contribution in [2.24, 2.45) is 11.3 Å². The monoisotopic (exact) mass is 335 g/mol. The lowest BCUT2D eigenvalue weighted by molar-refractivity contribution is 0.167. The topological polar surface area (TPSA) is 22.1 Å². The highest BCUT2D eigenvalue weighted by Gasteiger charge is 2.24. The molecule has 1 atom stereocenters. The molecule has 1 unspecified atom stereocenters. The smallest absolute Gasteiger partial charge is 0.145 e. The number of para-hydroxylation sites is 1. The largest absolute Gasteiger partial charge is 0.491 e. The quantitative estimate of drug-likeness (QED) is 0.735. The van der Waals surface area contributed by atoms with E-state index in [2.05, 4.69) is 53.8 Å². The van der Waals surface area contributed by atoms with Crippen molar-refractivity contribution in [2.75, 3.05) is 11.9 Å². The van der Waals surface area contributed by atoms with Crippen molar-refractivity contribution in [1.82, 2.24) is 4.98 Å². The van der Waals surface area contributed by atoms with Crippen LogP contribution >= 0.6 is 15.9 Å². The summed E-state index contributed by atoms with van der Waals surface area (Å²) >= 11 is 3.59. The molecule has 108 valence electrons.